The Kier molecular flexibility index (Phi) is 5.21. The summed E-state index contributed by atoms with van der Waals surface area (Å²) in [7, 11) is 0. The summed E-state index contributed by atoms with van der Waals surface area (Å²) in [6.45, 7) is 5.41. The van der Waals surface area contributed by atoms with Gasteiger partial charge in [-0.25, -0.2) is 0 Å². The van der Waals surface area contributed by atoms with Gasteiger partial charge in [0.15, 0.2) is 0 Å². The molecule has 1 saturated carbocycles. The Labute approximate surface area is 142 Å². The molecule has 2 amide bonds. The Morgan fingerprint density at radius 3 is 3.00 bits per heavy atom. The van der Waals surface area contributed by atoms with E-state index in [2.05, 4.69) is 19.2 Å². The molecule has 0 aromatic rings. The van der Waals surface area contributed by atoms with Crippen molar-refractivity contribution in [1.29, 1.82) is 0 Å². The molecule has 0 spiro atoms. The summed E-state index contributed by atoms with van der Waals surface area (Å²) >= 11 is 1.73. The minimum absolute atomic E-state index is 0.0308. The van der Waals surface area contributed by atoms with Gasteiger partial charge in [0.25, 0.3) is 0 Å². The molecule has 130 valence electrons. The number of amides is 2. The van der Waals surface area contributed by atoms with Gasteiger partial charge in [0, 0.05) is 18.7 Å². The molecular formula is C17H28N2O3S. The standard InChI is InChI=1S/C17H28N2O3S/c1-12-5-3-4-6-14(12)22-10-9-18-16(21)13-11-23-17(2)8-7-15(20)19(13)17/h12-14H,3-11H2,1-2H3,(H,18,21)/t12-,13-,14+,17-/m1/s1. The quantitative estimate of drug-likeness (QED) is 0.779. The monoisotopic (exact) mass is 340 g/mol. The van der Waals surface area contributed by atoms with Crippen LogP contribution in [-0.2, 0) is 14.3 Å². The first-order valence-corrected chi connectivity index (χ1v) is 9.85. The van der Waals surface area contributed by atoms with E-state index in [4.69, 9.17) is 4.74 Å². The maximum absolute atomic E-state index is 12.4. The molecule has 3 rings (SSSR count). The van der Waals surface area contributed by atoms with Gasteiger partial charge in [0.2, 0.25) is 11.8 Å². The Balaban J connectivity index is 1.42. The lowest BCUT2D eigenvalue weighted by Crippen LogP contribution is -2.50. The van der Waals surface area contributed by atoms with Crippen LogP contribution >= 0.6 is 11.8 Å². The number of carbonyl (C=O) groups excluding carboxylic acids is 2. The van der Waals surface area contributed by atoms with Crippen molar-refractivity contribution in [3.63, 3.8) is 0 Å². The van der Waals surface area contributed by atoms with Gasteiger partial charge in [-0.1, -0.05) is 19.8 Å². The maximum atomic E-state index is 12.4. The van der Waals surface area contributed by atoms with Gasteiger partial charge in [-0.3, -0.25) is 9.59 Å². The molecule has 23 heavy (non-hydrogen) atoms. The summed E-state index contributed by atoms with van der Waals surface area (Å²) < 4.78 is 5.94. The highest BCUT2D eigenvalue weighted by Crippen LogP contribution is 2.47. The number of nitrogens with zero attached hydrogens (tertiary/aromatic N) is 1. The Morgan fingerprint density at radius 2 is 2.22 bits per heavy atom. The third-order valence-corrected chi connectivity index (χ3v) is 7.02. The number of hydrogen-bond acceptors (Lipinski definition) is 4. The largest absolute Gasteiger partial charge is 0.376 e. The molecule has 3 aliphatic rings. The van der Waals surface area contributed by atoms with Crippen LogP contribution in [0.2, 0.25) is 0 Å². The second-order valence-corrected chi connectivity index (χ2v) is 8.73. The van der Waals surface area contributed by atoms with Gasteiger partial charge >= 0.3 is 0 Å². The van der Waals surface area contributed by atoms with Crippen molar-refractivity contribution in [1.82, 2.24) is 10.2 Å². The predicted molar refractivity (Wildman–Crippen MR) is 91.1 cm³/mol. The van der Waals surface area contributed by atoms with Crippen molar-refractivity contribution in [2.75, 3.05) is 18.9 Å². The molecule has 6 heteroatoms. The van der Waals surface area contributed by atoms with Crippen LogP contribution < -0.4 is 5.32 Å². The van der Waals surface area contributed by atoms with Crippen LogP contribution in [0, 0.1) is 5.92 Å². The summed E-state index contributed by atoms with van der Waals surface area (Å²) in [6.07, 6.45) is 6.68. The first-order valence-electron chi connectivity index (χ1n) is 8.87. The minimum Gasteiger partial charge on any atom is -0.376 e. The molecule has 2 heterocycles. The number of nitrogens with one attached hydrogen (secondary N) is 1. The molecular weight excluding hydrogens is 312 g/mol. The van der Waals surface area contributed by atoms with Crippen LogP contribution in [0.4, 0.5) is 0 Å². The van der Waals surface area contributed by atoms with E-state index in [1.807, 2.05) is 0 Å². The zero-order valence-corrected chi connectivity index (χ0v) is 15.0. The van der Waals surface area contributed by atoms with E-state index >= 15 is 0 Å². The van der Waals surface area contributed by atoms with E-state index in [9.17, 15) is 9.59 Å². The molecule has 0 bridgehead atoms. The molecule has 2 aliphatic heterocycles. The van der Waals surface area contributed by atoms with Crippen LogP contribution in [0.5, 0.6) is 0 Å². The van der Waals surface area contributed by atoms with E-state index in [1.54, 1.807) is 16.7 Å². The van der Waals surface area contributed by atoms with E-state index in [0.717, 1.165) is 12.8 Å². The first kappa shape index (κ1) is 17.1. The summed E-state index contributed by atoms with van der Waals surface area (Å²) in [5.74, 6) is 1.41. The number of ether oxygens (including phenoxy) is 1. The van der Waals surface area contributed by atoms with Gasteiger partial charge < -0.3 is 15.0 Å². The number of hydrogen-bond donors (Lipinski definition) is 1. The van der Waals surface area contributed by atoms with Crippen LogP contribution in [0.15, 0.2) is 0 Å². The minimum atomic E-state index is -0.311. The van der Waals surface area contributed by atoms with Gasteiger partial charge in [-0.15, -0.1) is 11.8 Å². The third-order valence-electron chi connectivity index (χ3n) is 5.51. The molecule has 3 fully saturated rings. The summed E-state index contributed by atoms with van der Waals surface area (Å²) in [5.41, 5.74) is 0. The first-order chi connectivity index (χ1) is 11.0. The lowest BCUT2D eigenvalue weighted by Gasteiger charge is -2.30. The fourth-order valence-corrected chi connectivity index (χ4v) is 5.48. The topological polar surface area (TPSA) is 58.6 Å². The Bertz CT molecular complexity index is 473. The molecule has 0 unspecified atom stereocenters. The lowest BCUT2D eigenvalue weighted by atomic mass is 9.88. The Morgan fingerprint density at radius 1 is 1.43 bits per heavy atom. The van der Waals surface area contributed by atoms with Crippen molar-refractivity contribution in [3.05, 3.63) is 0 Å². The molecule has 1 aliphatic carbocycles. The average Bonchev–Trinajstić information content (AvgIpc) is 3.02. The number of rotatable bonds is 5. The smallest absolute Gasteiger partial charge is 0.243 e. The van der Waals surface area contributed by atoms with Gasteiger partial charge in [0.1, 0.15) is 6.04 Å². The second-order valence-electron chi connectivity index (χ2n) is 7.23. The molecule has 1 N–H and O–H groups in total. The van der Waals surface area contributed by atoms with Crippen LogP contribution in [0.3, 0.4) is 0 Å². The number of thioether (sulfide) groups is 1. The highest BCUT2D eigenvalue weighted by molar-refractivity contribution is 8.01. The number of fused-ring (bicyclic) bond motifs is 1. The predicted octanol–water partition coefficient (Wildman–Crippen LogP) is 2.15. The molecule has 2 saturated heterocycles. The summed E-state index contributed by atoms with van der Waals surface area (Å²) in [4.78, 5) is 26.1. The summed E-state index contributed by atoms with van der Waals surface area (Å²) in [5, 5.41) is 2.96. The molecule has 0 aromatic heterocycles. The van der Waals surface area contributed by atoms with Crippen LogP contribution in [-0.4, -0.2) is 52.6 Å². The third kappa shape index (κ3) is 3.53. The van der Waals surface area contributed by atoms with E-state index < -0.39 is 0 Å². The fourth-order valence-electron chi connectivity index (χ4n) is 4.05. The highest BCUT2D eigenvalue weighted by Gasteiger charge is 2.52. The van der Waals surface area contributed by atoms with Crippen LogP contribution in [0.1, 0.15) is 52.4 Å². The molecule has 0 aromatic carbocycles. The molecule has 4 atom stereocenters. The normalized spacial score (nSPS) is 37.0. The zero-order chi connectivity index (χ0) is 16.4. The molecule has 5 nitrogen and oxygen atoms in total. The van der Waals surface area contributed by atoms with Gasteiger partial charge in [-0.05, 0) is 32.1 Å². The second kappa shape index (κ2) is 7.01. The number of carbonyl (C=O) groups is 2. The van der Waals surface area contributed by atoms with Crippen molar-refractivity contribution in [3.8, 4) is 0 Å². The van der Waals surface area contributed by atoms with Crippen molar-refractivity contribution in [2.45, 2.75) is 69.4 Å². The van der Waals surface area contributed by atoms with Crippen molar-refractivity contribution in [2.24, 2.45) is 5.92 Å². The van der Waals surface area contributed by atoms with E-state index in [-0.39, 0.29) is 22.7 Å². The van der Waals surface area contributed by atoms with E-state index in [1.165, 1.54) is 19.3 Å². The fraction of sp³-hybridized carbons (Fsp3) is 0.882. The molecule has 0 radical (unpaired) electrons. The van der Waals surface area contributed by atoms with Crippen molar-refractivity contribution < 1.29 is 14.3 Å². The SMILES string of the molecule is C[C@@H]1CCCC[C@@H]1OCCNC(=O)[C@H]1CS[C@]2(C)CCC(=O)N12. The zero-order valence-electron chi connectivity index (χ0n) is 14.2. The summed E-state index contributed by atoms with van der Waals surface area (Å²) in [6, 6.07) is -0.311. The average molecular weight is 340 g/mol. The Hall–Kier alpha value is -0.750. The van der Waals surface area contributed by atoms with Gasteiger partial charge in [-0.2, -0.15) is 0 Å². The van der Waals surface area contributed by atoms with Crippen LogP contribution in [0.25, 0.3) is 0 Å². The van der Waals surface area contributed by atoms with E-state index in [0.29, 0.717) is 37.3 Å². The maximum Gasteiger partial charge on any atom is 0.243 e. The van der Waals surface area contributed by atoms with Gasteiger partial charge in [0.05, 0.1) is 17.6 Å². The lowest BCUT2D eigenvalue weighted by molar-refractivity contribution is -0.138. The van der Waals surface area contributed by atoms with Crippen molar-refractivity contribution >= 4 is 23.6 Å². The highest BCUT2D eigenvalue weighted by atomic mass is 32.2.